The third-order valence-electron chi connectivity index (χ3n) is 2.63. The molecule has 1 saturated heterocycles. The van der Waals surface area contributed by atoms with Crippen LogP contribution in [0.2, 0.25) is 5.02 Å². The van der Waals surface area contributed by atoms with Crippen molar-refractivity contribution in [2.45, 2.75) is 19.0 Å². The SMILES string of the molecule is C[C@H]1CN[C@H](c2cc(Cl)cc(Br)c2)CN1. The third kappa shape index (κ3) is 2.94. The summed E-state index contributed by atoms with van der Waals surface area (Å²) in [4.78, 5) is 0. The van der Waals surface area contributed by atoms with E-state index in [2.05, 4.69) is 39.6 Å². The van der Waals surface area contributed by atoms with Gasteiger partial charge in [-0.05, 0) is 30.7 Å². The van der Waals surface area contributed by atoms with Gasteiger partial charge < -0.3 is 10.6 Å². The van der Waals surface area contributed by atoms with E-state index < -0.39 is 0 Å². The molecule has 0 spiro atoms. The predicted octanol–water partition coefficient (Wildman–Crippen LogP) is 2.72. The first-order valence-electron chi connectivity index (χ1n) is 5.08. The summed E-state index contributed by atoms with van der Waals surface area (Å²) in [6.07, 6.45) is 0. The number of hydrogen-bond acceptors (Lipinski definition) is 2. The lowest BCUT2D eigenvalue weighted by molar-refractivity contribution is 0.366. The highest BCUT2D eigenvalue weighted by Gasteiger charge is 2.18. The van der Waals surface area contributed by atoms with Gasteiger partial charge in [0.05, 0.1) is 0 Å². The fourth-order valence-corrected chi connectivity index (χ4v) is 2.68. The van der Waals surface area contributed by atoms with E-state index in [1.165, 1.54) is 5.56 Å². The molecule has 1 heterocycles. The predicted molar refractivity (Wildman–Crippen MR) is 67.4 cm³/mol. The molecule has 1 aromatic rings. The number of rotatable bonds is 1. The van der Waals surface area contributed by atoms with Crippen LogP contribution in [0.15, 0.2) is 22.7 Å². The molecule has 2 N–H and O–H groups in total. The van der Waals surface area contributed by atoms with Gasteiger partial charge in [-0.1, -0.05) is 27.5 Å². The Kier molecular flexibility index (Phi) is 3.67. The molecule has 4 heteroatoms. The average Bonchev–Trinajstić information content (AvgIpc) is 2.17. The summed E-state index contributed by atoms with van der Waals surface area (Å²) in [5, 5.41) is 7.72. The van der Waals surface area contributed by atoms with Gasteiger partial charge in [-0.25, -0.2) is 0 Å². The van der Waals surface area contributed by atoms with Crippen LogP contribution in [0.4, 0.5) is 0 Å². The van der Waals surface area contributed by atoms with Gasteiger partial charge in [0, 0.05) is 34.7 Å². The molecule has 0 amide bonds. The Hall–Kier alpha value is -0.0900. The van der Waals surface area contributed by atoms with E-state index in [0.29, 0.717) is 12.1 Å². The lowest BCUT2D eigenvalue weighted by atomic mass is 10.0. The lowest BCUT2D eigenvalue weighted by Crippen LogP contribution is -2.48. The van der Waals surface area contributed by atoms with Gasteiger partial charge >= 0.3 is 0 Å². The minimum absolute atomic E-state index is 0.358. The molecule has 15 heavy (non-hydrogen) atoms. The molecule has 0 aromatic heterocycles. The van der Waals surface area contributed by atoms with Crippen LogP contribution in [-0.4, -0.2) is 19.1 Å². The fourth-order valence-electron chi connectivity index (χ4n) is 1.79. The summed E-state index contributed by atoms with van der Waals surface area (Å²) in [6, 6.07) is 6.94. The van der Waals surface area contributed by atoms with Crippen LogP contribution in [-0.2, 0) is 0 Å². The van der Waals surface area contributed by atoms with E-state index in [1.54, 1.807) is 0 Å². The molecule has 0 bridgehead atoms. The highest BCUT2D eigenvalue weighted by atomic mass is 79.9. The van der Waals surface area contributed by atoms with Crippen molar-refractivity contribution in [2.24, 2.45) is 0 Å². The maximum atomic E-state index is 6.02. The molecule has 2 rings (SSSR count). The molecule has 0 aliphatic carbocycles. The van der Waals surface area contributed by atoms with E-state index in [-0.39, 0.29) is 0 Å². The fraction of sp³-hybridized carbons (Fsp3) is 0.455. The van der Waals surface area contributed by atoms with Gasteiger partial charge in [0.25, 0.3) is 0 Å². The lowest BCUT2D eigenvalue weighted by Gasteiger charge is -2.29. The van der Waals surface area contributed by atoms with E-state index in [4.69, 9.17) is 11.6 Å². The van der Waals surface area contributed by atoms with Crippen molar-refractivity contribution in [3.05, 3.63) is 33.3 Å². The van der Waals surface area contributed by atoms with Crippen LogP contribution in [0.5, 0.6) is 0 Å². The number of hydrogen-bond donors (Lipinski definition) is 2. The topological polar surface area (TPSA) is 24.1 Å². The van der Waals surface area contributed by atoms with Crippen LogP contribution in [0.1, 0.15) is 18.5 Å². The number of piperazine rings is 1. The van der Waals surface area contributed by atoms with Crippen LogP contribution in [0, 0.1) is 0 Å². The van der Waals surface area contributed by atoms with Gasteiger partial charge in [-0.15, -0.1) is 0 Å². The van der Waals surface area contributed by atoms with E-state index >= 15 is 0 Å². The molecule has 2 nitrogen and oxygen atoms in total. The smallest absolute Gasteiger partial charge is 0.0448 e. The van der Waals surface area contributed by atoms with Crippen LogP contribution in [0.25, 0.3) is 0 Å². The first kappa shape index (κ1) is 11.4. The molecule has 0 unspecified atom stereocenters. The Morgan fingerprint density at radius 2 is 2.07 bits per heavy atom. The van der Waals surface area contributed by atoms with Crippen LogP contribution < -0.4 is 10.6 Å². The van der Waals surface area contributed by atoms with Gasteiger partial charge in [0.1, 0.15) is 0 Å². The molecular weight excluding hydrogens is 275 g/mol. The second kappa shape index (κ2) is 4.83. The Bertz CT molecular complexity index is 328. The average molecular weight is 290 g/mol. The van der Waals surface area contributed by atoms with Crippen molar-refractivity contribution in [2.75, 3.05) is 13.1 Å². The minimum Gasteiger partial charge on any atom is -0.311 e. The second-order valence-corrected chi connectivity index (χ2v) is 5.33. The van der Waals surface area contributed by atoms with Crippen molar-refractivity contribution in [1.29, 1.82) is 0 Å². The zero-order valence-electron chi connectivity index (χ0n) is 8.56. The molecule has 1 aliphatic rings. The van der Waals surface area contributed by atoms with Crippen LogP contribution >= 0.6 is 27.5 Å². The summed E-state index contributed by atoms with van der Waals surface area (Å²) >= 11 is 9.48. The minimum atomic E-state index is 0.358. The summed E-state index contributed by atoms with van der Waals surface area (Å²) < 4.78 is 1.03. The third-order valence-corrected chi connectivity index (χ3v) is 3.30. The van der Waals surface area contributed by atoms with Gasteiger partial charge in [0.2, 0.25) is 0 Å². The Labute approximate surface area is 104 Å². The maximum Gasteiger partial charge on any atom is 0.0448 e. The van der Waals surface area contributed by atoms with Gasteiger partial charge in [-0.2, -0.15) is 0 Å². The van der Waals surface area contributed by atoms with Crippen molar-refractivity contribution in [1.82, 2.24) is 10.6 Å². The summed E-state index contributed by atoms with van der Waals surface area (Å²) in [5.74, 6) is 0. The Morgan fingerprint density at radius 1 is 1.27 bits per heavy atom. The monoisotopic (exact) mass is 288 g/mol. The first-order chi connectivity index (χ1) is 7.15. The summed E-state index contributed by atoms with van der Waals surface area (Å²) in [5.41, 5.74) is 1.23. The highest BCUT2D eigenvalue weighted by Crippen LogP contribution is 2.24. The zero-order valence-corrected chi connectivity index (χ0v) is 10.9. The molecule has 0 saturated carbocycles. The standard InChI is InChI=1S/C11H14BrClN2/c1-7-5-15-11(6-14-7)8-2-9(12)4-10(13)3-8/h2-4,7,11,14-15H,5-6H2,1H3/t7-,11-/m0/s1. The quantitative estimate of drug-likeness (QED) is 0.831. The van der Waals surface area contributed by atoms with E-state index in [0.717, 1.165) is 22.6 Å². The van der Waals surface area contributed by atoms with Gasteiger partial charge in [-0.3, -0.25) is 0 Å². The largest absolute Gasteiger partial charge is 0.311 e. The van der Waals surface area contributed by atoms with Crippen molar-refractivity contribution in [3.8, 4) is 0 Å². The molecular formula is C11H14BrClN2. The number of halogens is 2. The Morgan fingerprint density at radius 3 is 2.67 bits per heavy atom. The van der Waals surface area contributed by atoms with Crippen LogP contribution in [0.3, 0.4) is 0 Å². The Balaban J connectivity index is 2.15. The number of nitrogens with one attached hydrogen (secondary N) is 2. The van der Waals surface area contributed by atoms with Crippen molar-refractivity contribution < 1.29 is 0 Å². The number of benzene rings is 1. The molecule has 1 aromatic carbocycles. The van der Waals surface area contributed by atoms with E-state index in [1.807, 2.05) is 12.1 Å². The molecule has 1 fully saturated rings. The summed E-state index contributed by atoms with van der Waals surface area (Å²) in [7, 11) is 0. The van der Waals surface area contributed by atoms with Gasteiger partial charge in [0.15, 0.2) is 0 Å². The summed E-state index contributed by atoms with van der Waals surface area (Å²) in [6.45, 7) is 4.12. The van der Waals surface area contributed by atoms with E-state index in [9.17, 15) is 0 Å². The van der Waals surface area contributed by atoms with Crippen molar-refractivity contribution in [3.63, 3.8) is 0 Å². The van der Waals surface area contributed by atoms with Crippen molar-refractivity contribution >= 4 is 27.5 Å². The maximum absolute atomic E-state index is 6.02. The molecule has 82 valence electrons. The molecule has 2 atom stereocenters. The normalized spacial score (nSPS) is 26.6. The molecule has 1 aliphatic heterocycles. The molecule has 0 radical (unpaired) electrons. The first-order valence-corrected chi connectivity index (χ1v) is 6.25. The zero-order chi connectivity index (χ0) is 10.8. The highest BCUT2D eigenvalue weighted by molar-refractivity contribution is 9.10. The second-order valence-electron chi connectivity index (χ2n) is 3.97.